The van der Waals surface area contributed by atoms with Crippen molar-refractivity contribution in [2.75, 3.05) is 0 Å². The Bertz CT molecular complexity index is 183. The Balaban J connectivity index is 2.89. The molecule has 2 nitrogen and oxygen atoms in total. The van der Waals surface area contributed by atoms with E-state index in [2.05, 4.69) is 0 Å². The van der Waals surface area contributed by atoms with Gasteiger partial charge in [0.05, 0.1) is 5.03 Å². The molecule has 1 rings (SSSR count). The predicted molar refractivity (Wildman–Crippen MR) is 36.8 cm³/mol. The van der Waals surface area contributed by atoms with E-state index in [1.807, 2.05) is 13.8 Å². The minimum atomic E-state index is -0.474. The van der Waals surface area contributed by atoms with Crippen molar-refractivity contribution in [1.82, 2.24) is 0 Å². The molecule has 9 heavy (non-hydrogen) atoms. The molecular weight excluding hydrogens is 138 g/mol. The summed E-state index contributed by atoms with van der Waals surface area (Å²) in [6.45, 7) is 3.65. The normalized spacial score (nSPS) is 23.4. The average molecular weight is 146 g/mol. The van der Waals surface area contributed by atoms with Crippen LogP contribution in [0.1, 0.15) is 13.8 Å². The van der Waals surface area contributed by atoms with Gasteiger partial charge in [-0.25, -0.2) is 0 Å². The molecule has 3 heteroatoms. The van der Waals surface area contributed by atoms with E-state index >= 15 is 0 Å². The standard InChI is InChI=1S/C6H8ClNO/c1-6(2)4(7)3-5(8)9-6/h3,8H,1-2H3. The van der Waals surface area contributed by atoms with Gasteiger partial charge >= 0.3 is 0 Å². The summed E-state index contributed by atoms with van der Waals surface area (Å²) in [5.41, 5.74) is -0.474. The van der Waals surface area contributed by atoms with Crippen molar-refractivity contribution in [3.05, 3.63) is 11.1 Å². The summed E-state index contributed by atoms with van der Waals surface area (Å²) in [5, 5.41) is 7.64. The van der Waals surface area contributed by atoms with E-state index in [4.69, 9.17) is 21.7 Å². The quantitative estimate of drug-likeness (QED) is 0.555. The van der Waals surface area contributed by atoms with Crippen LogP contribution in [0.3, 0.4) is 0 Å². The minimum absolute atomic E-state index is 0.144. The van der Waals surface area contributed by atoms with Crippen LogP contribution in [0.2, 0.25) is 0 Å². The van der Waals surface area contributed by atoms with E-state index in [9.17, 15) is 0 Å². The first kappa shape index (κ1) is 6.62. The molecule has 0 spiro atoms. The molecule has 0 saturated carbocycles. The van der Waals surface area contributed by atoms with Gasteiger partial charge in [0.1, 0.15) is 5.60 Å². The highest BCUT2D eigenvalue weighted by Crippen LogP contribution is 2.29. The first-order valence-electron chi connectivity index (χ1n) is 2.67. The Morgan fingerprint density at radius 3 is 2.33 bits per heavy atom. The number of halogens is 1. The molecule has 0 atom stereocenters. The molecule has 0 unspecified atom stereocenters. The summed E-state index contributed by atoms with van der Waals surface area (Å²) in [4.78, 5) is 0. The Kier molecular flexibility index (Phi) is 1.28. The molecule has 1 aliphatic rings. The first-order valence-corrected chi connectivity index (χ1v) is 3.05. The van der Waals surface area contributed by atoms with Crippen molar-refractivity contribution >= 4 is 17.5 Å². The lowest BCUT2D eigenvalue weighted by atomic mass is 10.1. The largest absolute Gasteiger partial charge is 0.466 e. The van der Waals surface area contributed by atoms with Crippen LogP contribution in [0.4, 0.5) is 0 Å². The zero-order valence-electron chi connectivity index (χ0n) is 5.36. The molecule has 0 aromatic carbocycles. The van der Waals surface area contributed by atoms with Crippen LogP contribution in [-0.4, -0.2) is 11.5 Å². The predicted octanol–water partition coefficient (Wildman–Crippen LogP) is 1.90. The third kappa shape index (κ3) is 1.08. The molecule has 0 aromatic rings. The van der Waals surface area contributed by atoms with Crippen molar-refractivity contribution < 1.29 is 4.74 Å². The average Bonchev–Trinajstić information content (AvgIpc) is 1.79. The van der Waals surface area contributed by atoms with Crippen LogP contribution in [0.15, 0.2) is 11.1 Å². The molecule has 0 saturated heterocycles. The third-order valence-corrected chi connectivity index (χ3v) is 1.76. The zero-order chi connectivity index (χ0) is 7.07. The van der Waals surface area contributed by atoms with Crippen molar-refractivity contribution in [2.45, 2.75) is 19.4 Å². The molecule has 0 bridgehead atoms. The Hall–Kier alpha value is -0.500. The van der Waals surface area contributed by atoms with Crippen LogP contribution >= 0.6 is 11.6 Å². The molecule has 0 radical (unpaired) electrons. The number of nitrogens with one attached hydrogen (secondary N) is 1. The van der Waals surface area contributed by atoms with Gasteiger partial charge in [0.2, 0.25) is 5.90 Å². The monoisotopic (exact) mass is 145 g/mol. The molecule has 0 amide bonds. The molecule has 1 N–H and O–H groups in total. The van der Waals surface area contributed by atoms with Crippen molar-refractivity contribution in [3.63, 3.8) is 0 Å². The smallest absolute Gasteiger partial charge is 0.207 e. The Morgan fingerprint density at radius 1 is 1.67 bits per heavy atom. The number of ether oxygens (including phenoxy) is 1. The second-order valence-electron chi connectivity index (χ2n) is 2.47. The fraction of sp³-hybridized carbons (Fsp3) is 0.500. The fourth-order valence-corrected chi connectivity index (χ4v) is 0.780. The summed E-state index contributed by atoms with van der Waals surface area (Å²) >= 11 is 5.69. The van der Waals surface area contributed by atoms with E-state index in [1.165, 1.54) is 6.08 Å². The Morgan fingerprint density at radius 2 is 2.22 bits per heavy atom. The van der Waals surface area contributed by atoms with Crippen LogP contribution < -0.4 is 0 Å². The van der Waals surface area contributed by atoms with E-state index in [0.29, 0.717) is 5.03 Å². The number of hydrogen-bond donors (Lipinski definition) is 1. The SMILES string of the molecule is CC1(C)OC(=N)C=C1Cl. The molecule has 0 aliphatic carbocycles. The van der Waals surface area contributed by atoms with Gasteiger partial charge in [-0.1, -0.05) is 11.6 Å². The summed E-state index contributed by atoms with van der Waals surface area (Å²) in [7, 11) is 0. The maximum absolute atomic E-state index is 7.05. The summed E-state index contributed by atoms with van der Waals surface area (Å²) in [6.07, 6.45) is 1.52. The summed E-state index contributed by atoms with van der Waals surface area (Å²) in [6, 6.07) is 0. The lowest BCUT2D eigenvalue weighted by molar-refractivity contribution is 0.156. The van der Waals surface area contributed by atoms with E-state index < -0.39 is 5.60 Å². The number of rotatable bonds is 0. The third-order valence-electron chi connectivity index (χ3n) is 1.20. The van der Waals surface area contributed by atoms with Gasteiger partial charge in [-0.15, -0.1) is 0 Å². The summed E-state index contributed by atoms with van der Waals surface area (Å²) in [5.74, 6) is 0.144. The molecular formula is C6H8ClNO. The minimum Gasteiger partial charge on any atom is -0.466 e. The van der Waals surface area contributed by atoms with Gasteiger partial charge in [-0.3, -0.25) is 5.41 Å². The van der Waals surface area contributed by atoms with Gasteiger partial charge in [0.25, 0.3) is 0 Å². The topological polar surface area (TPSA) is 33.1 Å². The first-order chi connectivity index (χ1) is 4.02. The van der Waals surface area contributed by atoms with Crippen molar-refractivity contribution in [3.8, 4) is 0 Å². The lowest BCUT2D eigenvalue weighted by Gasteiger charge is -2.17. The Labute approximate surface area is 59.0 Å². The van der Waals surface area contributed by atoms with Gasteiger partial charge < -0.3 is 4.74 Å². The van der Waals surface area contributed by atoms with Gasteiger partial charge in [0, 0.05) is 6.08 Å². The van der Waals surface area contributed by atoms with Crippen LogP contribution in [0, 0.1) is 5.41 Å². The maximum atomic E-state index is 7.05. The molecule has 0 aromatic heterocycles. The van der Waals surface area contributed by atoms with Crippen molar-refractivity contribution in [2.24, 2.45) is 0 Å². The lowest BCUT2D eigenvalue weighted by Crippen LogP contribution is -2.20. The number of hydrogen-bond acceptors (Lipinski definition) is 2. The van der Waals surface area contributed by atoms with Gasteiger partial charge in [-0.05, 0) is 13.8 Å². The van der Waals surface area contributed by atoms with Gasteiger partial charge in [0.15, 0.2) is 0 Å². The van der Waals surface area contributed by atoms with Crippen LogP contribution in [0.25, 0.3) is 0 Å². The highest BCUT2D eigenvalue weighted by atomic mass is 35.5. The summed E-state index contributed by atoms with van der Waals surface area (Å²) < 4.78 is 5.02. The van der Waals surface area contributed by atoms with E-state index in [1.54, 1.807) is 0 Å². The van der Waals surface area contributed by atoms with Crippen molar-refractivity contribution in [1.29, 1.82) is 5.41 Å². The zero-order valence-corrected chi connectivity index (χ0v) is 6.12. The highest BCUT2D eigenvalue weighted by molar-refractivity contribution is 6.32. The molecule has 1 aliphatic heterocycles. The van der Waals surface area contributed by atoms with Crippen LogP contribution in [-0.2, 0) is 4.74 Å². The highest BCUT2D eigenvalue weighted by Gasteiger charge is 2.30. The molecule has 50 valence electrons. The second kappa shape index (κ2) is 1.74. The second-order valence-corrected chi connectivity index (χ2v) is 2.88. The van der Waals surface area contributed by atoms with Crippen LogP contribution in [0.5, 0.6) is 0 Å². The van der Waals surface area contributed by atoms with E-state index in [-0.39, 0.29) is 5.90 Å². The molecule has 0 fully saturated rings. The fourth-order valence-electron chi connectivity index (χ4n) is 0.642. The molecule has 1 heterocycles. The van der Waals surface area contributed by atoms with E-state index in [0.717, 1.165) is 0 Å². The van der Waals surface area contributed by atoms with Gasteiger partial charge in [-0.2, -0.15) is 0 Å². The maximum Gasteiger partial charge on any atom is 0.207 e.